The SMILES string of the molecule is CC1CC1(N=C=O)C1CCCCC1. The Morgan fingerprint density at radius 2 is 1.92 bits per heavy atom. The van der Waals surface area contributed by atoms with Crippen LogP contribution in [0.3, 0.4) is 0 Å². The van der Waals surface area contributed by atoms with E-state index in [1.807, 2.05) is 0 Å². The van der Waals surface area contributed by atoms with Crippen LogP contribution in [-0.2, 0) is 4.79 Å². The highest BCUT2D eigenvalue weighted by Crippen LogP contribution is 2.55. The van der Waals surface area contributed by atoms with E-state index in [0.717, 1.165) is 6.42 Å². The lowest BCUT2D eigenvalue weighted by Crippen LogP contribution is -2.24. The fourth-order valence-electron chi connectivity index (χ4n) is 2.94. The third kappa shape index (κ3) is 1.44. The summed E-state index contributed by atoms with van der Waals surface area (Å²) >= 11 is 0. The highest BCUT2D eigenvalue weighted by Gasteiger charge is 2.56. The Hall–Kier alpha value is -0.620. The largest absolute Gasteiger partial charge is 0.235 e. The van der Waals surface area contributed by atoms with E-state index in [9.17, 15) is 4.79 Å². The van der Waals surface area contributed by atoms with Crippen molar-refractivity contribution in [3.05, 3.63) is 0 Å². The van der Waals surface area contributed by atoms with Gasteiger partial charge in [0, 0.05) is 0 Å². The standard InChI is InChI=1S/C11H17NO/c1-9-7-11(9,12-8-13)10-5-3-2-4-6-10/h9-10H,2-7H2,1H3. The lowest BCUT2D eigenvalue weighted by atomic mass is 9.81. The van der Waals surface area contributed by atoms with Crippen LogP contribution in [0.1, 0.15) is 45.4 Å². The summed E-state index contributed by atoms with van der Waals surface area (Å²) in [6, 6.07) is 0. The molecule has 2 unspecified atom stereocenters. The van der Waals surface area contributed by atoms with Crippen molar-refractivity contribution < 1.29 is 4.79 Å². The third-order valence-corrected chi connectivity index (χ3v) is 3.89. The molecule has 0 heterocycles. The molecule has 0 aromatic heterocycles. The zero-order chi connectivity index (χ0) is 9.31. The molecule has 2 nitrogen and oxygen atoms in total. The maximum Gasteiger partial charge on any atom is 0.235 e. The van der Waals surface area contributed by atoms with E-state index in [4.69, 9.17) is 0 Å². The predicted octanol–water partition coefficient (Wildman–Crippen LogP) is 2.68. The van der Waals surface area contributed by atoms with Crippen molar-refractivity contribution in [2.45, 2.75) is 51.0 Å². The average Bonchev–Trinajstić information content (AvgIpc) is 2.80. The molecule has 0 saturated heterocycles. The van der Waals surface area contributed by atoms with Crippen LogP contribution in [0.2, 0.25) is 0 Å². The molecule has 2 heteroatoms. The number of rotatable bonds is 2. The molecule has 72 valence electrons. The quantitative estimate of drug-likeness (QED) is 0.473. The van der Waals surface area contributed by atoms with Crippen molar-refractivity contribution in [3.8, 4) is 0 Å². The van der Waals surface area contributed by atoms with Crippen LogP contribution >= 0.6 is 0 Å². The Morgan fingerprint density at radius 3 is 2.38 bits per heavy atom. The maximum absolute atomic E-state index is 10.4. The van der Waals surface area contributed by atoms with Crippen LogP contribution in [0.5, 0.6) is 0 Å². The molecule has 0 bridgehead atoms. The highest BCUT2D eigenvalue weighted by atomic mass is 16.1. The van der Waals surface area contributed by atoms with E-state index in [0.29, 0.717) is 11.8 Å². The van der Waals surface area contributed by atoms with E-state index >= 15 is 0 Å². The first-order valence-electron chi connectivity index (χ1n) is 5.38. The van der Waals surface area contributed by atoms with Crippen molar-refractivity contribution in [3.63, 3.8) is 0 Å². The van der Waals surface area contributed by atoms with Crippen LogP contribution < -0.4 is 0 Å². The van der Waals surface area contributed by atoms with Gasteiger partial charge in [0.25, 0.3) is 0 Å². The van der Waals surface area contributed by atoms with Gasteiger partial charge in [0.15, 0.2) is 0 Å². The minimum Gasteiger partial charge on any atom is -0.211 e. The van der Waals surface area contributed by atoms with Gasteiger partial charge in [-0.15, -0.1) is 0 Å². The van der Waals surface area contributed by atoms with Gasteiger partial charge in [-0.25, -0.2) is 4.79 Å². The summed E-state index contributed by atoms with van der Waals surface area (Å²) in [6.45, 7) is 2.20. The molecule has 0 spiro atoms. The molecule has 2 fully saturated rings. The number of nitrogens with zero attached hydrogens (tertiary/aromatic N) is 1. The molecule has 0 aromatic rings. The van der Waals surface area contributed by atoms with Gasteiger partial charge < -0.3 is 0 Å². The molecule has 2 aliphatic carbocycles. The molecular formula is C11H17NO. The van der Waals surface area contributed by atoms with Gasteiger partial charge >= 0.3 is 0 Å². The second-order valence-corrected chi connectivity index (χ2v) is 4.63. The van der Waals surface area contributed by atoms with Crippen LogP contribution in [-0.4, -0.2) is 11.6 Å². The monoisotopic (exact) mass is 179 g/mol. The number of carbonyl (C=O) groups excluding carboxylic acids is 1. The van der Waals surface area contributed by atoms with E-state index in [2.05, 4.69) is 11.9 Å². The summed E-state index contributed by atoms with van der Waals surface area (Å²) < 4.78 is 0. The Bertz CT molecular complexity index is 238. The third-order valence-electron chi connectivity index (χ3n) is 3.89. The second kappa shape index (κ2) is 3.26. The molecule has 0 radical (unpaired) electrons. The van der Waals surface area contributed by atoms with Crippen LogP contribution in [0, 0.1) is 11.8 Å². The zero-order valence-corrected chi connectivity index (χ0v) is 8.25. The summed E-state index contributed by atoms with van der Waals surface area (Å²) in [5, 5.41) is 0. The summed E-state index contributed by atoms with van der Waals surface area (Å²) in [4.78, 5) is 14.4. The first-order chi connectivity index (χ1) is 6.29. The van der Waals surface area contributed by atoms with E-state index < -0.39 is 0 Å². The van der Waals surface area contributed by atoms with Gasteiger partial charge in [-0.3, -0.25) is 0 Å². The lowest BCUT2D eigenvalue weighted by Gasteiger charge is -2.27. The first kappa shape index (κ1) is 8.96. The van der Waals surface area contributed by atoms with Crippen molar-refractivity contribution >= 4 is 6.08 Å². The molecule has 2 saturated carbocycles. The Kier molecular flexibility index (Phi) is 2.25. The summed E-state index contributed by atoms with van der Waals surface area (Å²) in [5.74, 6) is 1.30. The van der Waals surface area contributed by atoms with Crippen molar-refractivity contribution in [1.82, 2.24) is 0 Å². The first-order valence-corrected chi connectivity index (χ1v) is 5.38. The fourth-order valence-corrected chi connectivity index (χ4v) is 2.94. The molecule has 2 aliphatic rings. The number of aliphatic imine (C=N–C) groups is 1. The van der Waals surface area contributed by atoms with Gasteiger partial charge in [-0.1, -0.05) is 26.2 Å². The molecule has 0 aromatic carbocycles. The van der Waals surface area contributed by atoms with Crippen molar-refractivity contribution in [2.24, 2.45) is 16.8 Å². The van der Waals surface area contributed by atoms with Crippen molar-refractivity contribution in [2.75, 3.05) is 0 Å². The molecule has 13 heavy (non-hydrogen) atoms. The normalized spacial score (nSPS) is 39.6. The molecule has 0 amide bonds. The van der Waals surface area contributed by atoms with E-state index in [-0.39, 0.29) is 5.54 Å². The minimum atomic E-state index is 0.0299. The van der Waals surface area contributed by atoms with Gasteiger partial charge in [0.05, 0.1) is 5.54 Å². The number of hydrogen-bond donors (Lipinski definition) is 0. The molecule has 0 N–H and O–H groups in total. The lowest BCUT2D eigenvalue weighted by molar-refractivity contribution is 0.280. The molecule has 0 aliphatic heterocycles. The van der Waals surface area contributed by atoms with Gasteiger partial charge in [-0.2, -0.15) is 4.99 Å². The van der Waals surface area contributed by atoms with Gasteiger partial charge in [0.2, 0.25) is 6.08 Å². The average molecular weight is 179 g/mol. The van der Waals surface area contributed by atoms with Crippen LogP contribution in [0.25, 0.3) is 0 Å². The van der Waals surface area contributed by atoms with Crippen LogP contribution in [0.4, 0.5) is 0 Å². The topological polar surface area (TPSA) is 29.4 Å². The maximum atomic E-state index is 10.4. The summed E-state index contributed by atoms with van der Waals surface area (Å²) in [7, 11) is 0. The second-order valence-electron chi connectivity index (χ2n) is 4.63. The van der Waals surface area contributed by atoms with E-state index in [1.165, 1.54) is 32.1 Å². The predicted molar refractivity (Wildman–Crippen MR) is 51.2 cm³/mol. The highest BCUT2D eigenvalue weighted by molar-refractivity contribution is 5.37. The Balaban J connectivity index is 2.08. The fraction of sp³-hybridized carbons (Fsp3) is 0.909. The Morgan fingerprint density at radius 1 is 1.31 bits per heavy atom. The molecule has 2 atom stereocenters. The van der Waals surface area contributed by atoms with E-state index in [1.54, 1.807) is 6.08 Å². The summed E-state index contributed by atoms with van der Waals surface area (Å²) in [6.07, 6.45) is 9.46. The smallest absolute Gasteiger partial charge is 0.211 e. The zero-order valence-electron chi connectivity index (χ0n) is 8.25. The number of isocyanates is 1. The van der Waals surface area contributed by atoms with Crippen LogP contribution in [0.15, 0.2) is 4.99 Å². The summed E-state index contributed by atoms with van der Waals surface area (Å²) in [5.41, 5.74) is 0.0299. The Labute approximate surface area is 79.4 Å². The minimum absolute atomic E-state index is 0.0299. The molecule has 2 rings (SSSR count). The number of hydrogen-bond acceptors (Lipinski definition) is 2. The molecular weight excluding hydrogens is 162 g/mol. The van der Waals surface area contributed by atoms with Gasteiger partial charge in [-0.05, 0) is 31.1 Å². The van der Waals surface area contributed by atoms with Crippen molar-refractivity contribution in [1.29, 1.82) is 0 Å². The van der Waals surface area contributed by atoms with Gasteiger partial charge in [0.1, 0.15) is 0 Å².